The van der Waals surface area contributed by atoms with Crippen molar-refractivity contribution in [2.24, 2.45) is 59.2 Å². The number of anilines is 3. The second-order valence-electron chi connectivity index (χ2n) is 38.9. The van der Waals surface area contributed by atoms with Gasteiger partial charge < -0.3 is 43.7 Å². The van der Waals surface area contributed by atoms with Gasteiger partial charge in [-0.2, -0.15) is 0 Å². The molecule has 3 N–H and O–H groups in total. The van der Waals surface area contributed by atoms with E-state index in [1.165, 1.54) is 154 Å². The second-order valence-corrected chi connectivity index (χ2v) is 38.9. The van der Waals surface area contributed by atoms with Crippen LogP contribution in [0, 0.1) is 59.2 Å². The summed E-state index contributed by atoms with van der Waals surface area (Å²) in [5, 5.41) is 28.6. The van der Waals surface area contributed by atoms with Crippen molar-refractivity contribution in [3.8, 4) is 0 Å². The van der Waals surface area contributed by atoms with Crippen LogP contribution in [0.2, 0.25) is 0 Å². The monoisotopic (exact) mass is 1510 g/mol. The van der Waals surface area contributed by atoms with E-state index in [0.717, 1.165) is 131 Å². The standard InChI is InChI=1S/3C30H40N4O3/c1-18-9-19-11-20(10-18)13-24(12-19)33-22-5-4-6-23(33)15-25(14-22)34-27-8-3-2-7-26(27)31-28(29(34)35)32-16-21(17-32)30(36)37;2*1-18-11-19-13-20(12-18)15-23(14-19)33-21-5-4-6-22(33)17-24(16-21)34-26-8-3-2-7-25(26)31-28(29(34)35)32-10-9-27(32)30(36)37/h2-3,7-8,18-25H,4-6,9-17H2,1H3,(H,36,37);2*2-3,7-8,18-24,27H,4-6,9-17H2,1H3,(H,36,37)/t18?,19-,20+,22-,23+,24?,25?;2*18?,19-,20+,21-,22+,23?,24?,27-/m.10/s1. The molecule has 3 aromatic carbocycles. The topological polar surface area (TPSA) is 236 Å². The average Bonchev–Trinajstić information content (AvgIpc) is 0.747. The molecule has 21 rings (SSSR count). The molecule has 23 atom stereocenters. The molecule has 594 valence electrons. The van der Waals surface area contributed by atoms with E-state index in [2.05, 4.69) is 35.5 Å². The minimum atomic E-state index is -0.873. The molecular weight excluding hydrogens is 1390 g/mol. The number of nitrogens with zero attached hydrogens (tertiary/aromatic N) is 12. The second kappa shape index (κ2) is 30.2. The summed E-state index contributed by atoms with van der Waals surface area (Å²) in [5.74, 6) is 6.22. The number of aromatic nitrogens is 6. The van der Waals surface area contributed by atoms with E-state index in [-0.39, 0.29) is 34.8 Å². The van der Waals surface area contributed by atoms with Crippen molar-refractivity contribution in [1.82, 2.24) is 43.4 Å². The number of piperidine rings is 6. The number of aliphatic carboxylic acids is 3. The van der Waals surface area contributed by atoms with Gasteiger partial charge in [-0.15, -0.1) is 0 Å². The van der Waals surface area contributed by atoms with E-state index in [9.17, 15) is 44.1 Å². The van der Waals surface area contributed by atoms with E-state index in [1.54, 1.807) is 9.80 Å². The van der Waals surface area contributed by atoms with Crippen molar-refractivity contribution in [2.45, 2.75) is 311 Å². The van der Waals surface area contributed by atoms with Crippen LogP contribution < -0.4 is 31.4 Å². The Morgan fingerprint density at radius 1 is 0.324 bits per heavy atom. The summed E-state index contributed by atoms with van der Waals surface area (Å²) in [6.07, 6.45) is 39.5. The third-order valence-corrected chi connectivity index (χ3v) is 31.4. The molecule has 9 aliphatic heterocycles. The molecule has 6 aliphatic carbocycles. The maximum atomic E-state index is 14.0. The molecule has 6 saturated carbocycles. The van der Waals surface area contributed by atoms with Gasteiger partial charge >= 0.3 is 17.9 Å². The van der Waals surface area contributed by atoms with E-state index in [1.807, 2.05) is 91.4 Å². The Hall–Kier alpha value is -7.23. The average molecular weight is 1510 g/mol. The van der Waals surface area contributed by atoms with Gasteiger partial charge in [-0.25, -0.2) is 24.5 Å². The summed E-state index contributed by atoms with van der Waals surface area (Å²) in [7, 11) is 0. The van der Waals surface area contributed by atoms with Crippen LogP contribution in [0.5, 0.6) is 0 Å². The van der Waals surface area contributed by atoms with Crippen molar-refractivity contribution in [2.75, 3.05) is 40.9 Å². The van der Waals surface area contributed by atoms with Gasteiger partial charge in [-0.3, -0.25) is 33.9 Å². The zero-order valence-electron chi connectivity index (χ0n) is 65.9. The fourth-order valence-electron chi connectivity index (χ4n) is 27.5. The third kappa shape index (κ3) is 13.9. The van der Waals surface area contributed by atoms with Gasteiger partial charge in [0.05, 0.1) is 39.0 Å². The predicted molar refractivity (Wildman–Crippen MR) is 432 cm³/mol. The van der Waals surface area contributed by atoms with Crippen molar-refractivity contribution < 1.29 is 29.7 Å². The third-order valence-electron chi connectivity index (χ3n) is 31.4. The van der Waals surface area contributed by atoms with Crippen molar-refractivity contribution in [1.29, 1.82) is 0 Å². The Morgan fingerprint density at radius 3 is 0.874 bits per heavy atom. The molecule has 12 heterocycles. The van der Waals surface area contributed by atoms with E-state index >= 15 is 0 Å². The maximum Gasteiger partial charge on any atom is 0.326 e. The highest BCUT2D eigenvalue weighted by Gasteiger charge is 2.52. The summed E-state index contributed by atoms with van der Waals surface area (Å²) >= 11 is 0. The SMILES string of the molecule is CC1C[C@@H]2CC(N3[C@@H]4CCC[C@H]3CC(n3c(=O)c(N5CC(C(=O)O)C5)nc5ccccc53)C4)C[C@H](C1)C2.CC1C[C@@H]2CC(N3[C@@H]4CCC[C@H]3CC(n3c(=O)c(N5CC[C@@H]5C(=O)O)nc5ccccc53)C4)C[C@H](C1)C2.CC1C[C@@H]2CC(N3[C@@H]4CCC[C@H]3CC(n3c(=O)c(N5CC[C@H]5C(=O)O)nc5ccccc53)C4)C[C@H](C1)C2. The predicted octanol–water partition coefficient (Wildman–Crippen LogP) is 14.4. The van der Waals surface area contributed by atoms with Gasteiger partial charge in [0, 0.05) is 98.7 Å². The minimum Gasteiger partial charge on any atom is -0.481 e. The first-order valence-electron chi connectivity index (χ1n) is 44.2. The first kappa shape index (κ1) is 73.9. The molecule has 0 spiro atoms. The molecule has 3 aromatic heterocycles. The Morgan fingerprint density at radius 2 is 0.604 bits per heavy atom. The van der Waals surface area contributed by atoms with Crippen LogP contribution in [0.1, 0.15) is 244 Å². The highest BCUT2D eigenvalue weighted by Crippen LogP contribution is 2.53. The number of benzene rings is 3. The van der Waals surface area contributed by atoms with Crippen molar-refractivity contribution in [3.63, 3.8) is 0 Å². The fourth-order valence-corrected chi connectivity index (χ4v) is 27.5. The summed E-state index contributed by atoms with van der Waals surface area (Å²) in [6.45, 7) is 9.22. The Balaban J connectivity index is 0.000000112. The van der Waals surface area contributed by atoms with Crippen molar-refractivity contribution in [3.05, 3.63) is 104 Å². The summed E-state index contributed by atoms with van der Waals surface area (Å²) in [4.78, 5) is 105. The number of fused-ring (bicyclic) bond motifs is 15. The maximum absolute atomic E-state index is 14.0. The Kier molecular flexibility index (Phi) is 20.1. The molecule has 21 nitrogen and oxygen atoms in total. The summed E-state index contributed by atoms with van der Waals surface area (Å²) < 4.78 is 6.06. The number of hydrogen-bond acceptors (Lipinski definition) is 15. The molecule has 0 amide bonds. The zero-order chi connectivity index (χ0) is 75.8. The van der Waals surface area contributed by atoms with Crippen LogP contribution in [-0.2, 0) is 14.4 Å². The van der Waals surface area contributed by atoms with Gasteiger partial charge in [0.15, 0.2) is 17.5 Å². The molecule has 21 heteroatoms. The molecule has 111 heavy (non-hydrogen) atoms. The van der Waals surface area contributed by atoms with E-state index < -0.39 is 35.9 Å². The lowest BCUT2D eigenvalue weighted by Gasteiger charge is -2.56. The lowest BCUT2D eigenvalue weighted by atomic mass is 9.65. The fraction of sp³-hybridized carbons (Fsp3) is 0.700. The lowest BCUT2D eigenvalue weighted by Crippen LogP contribution is -2.59. The first-order valence-corrected chi connectivity index (χ1v) is 44.2. The number of hydrogen-bond donors (Lipinski definition) is 3. The number of para-hydroxylation sites is 6. The van der Waals surface area contributed by atoms with Crippen LogP contribution in [0.3, 0.4) is 0 Å². The summed E-state index contributed by atoms with van der Waals surface area (Å²) in [5.41, 5.74) is 4.85. The Bertz CT molecular complexity index is 4400. The van der Waals surface area contributed by atoms with Crippen LogP contribution >= 0.6 is 0 Å². The highest BCUT2D eigenvalue weighted by atomic mass is 16.4. The van der Waals surface area contributed by atoms with Gasteiger partial charge in [-0.1, -0.05) is 76.4 Å². The van der Waals surface area contributed by atoms with Gasteiger partial charge in [-0.05, 0) is 276 Å². The molecule has 9 unspecified atom stereocenters. The van der Waals surface area contributed by atoms with Gasteiger partial charge in [0.25, 0.3) is 16.7 Å². The van der Waals surface area contributed by atoms with Gasteiger partial charge in [0.1, 0.15) is 12.1 Å². The number of carbonyl (C=O) groups is 3. The number of carboxylic acid groups (broad SMARTS) is 3. The molecule has 9 saturated heterocycles. The Labute approximate surface area is 652 Å². The largest absolute Gasteiger partial charge is 0.481 e. The quantitative estimate of drug-likeness (QED) is 0.103. The highest BCUT2D eigenvalue weighted by molar-refractivity contribution is 5.83. The van der Waals surface area contributed by atoms with Crippen LogP contribution in [-0.4, -0.2) is 169 Å². The van der Waals surface area contributed by atoms with Crippen LogP contribution in [0.15, 0.2) is 87.2 Å². The smallest absolute Gasteiger partial charge is 0.326 e. The lowest BCUT2D eigenvalue weighted by molar-refractivity contribution is -0.143. The number of rotatable bonds is 12. The molecule has 0 radical (unpaired) electrons. The molecular formula is C90H120N12O9. The van der Waals surface area contributed by atoms with E-state index in [4.69, 9.17) is 15.0 Å². The van der Waals surface area contributed by atoms with E-state index in [0.29, 0.717) is 105 Å². The first-order chi connectivity index (χ1) is 53.9. The normalized spacial score (nSPS) is 37.3. The molecule has 15 fully saturated rings. The minimum absolute atomic E-state index is 0.0414. The molecule has 6 aromatic rings. The van der Waals surface area contributed by atoms with Crippen molar-refractivity contribution >= 4 is 68.5 Å². The molecule has 15 aliphatic rings. The zero-order valence-corrected chi connectivity index (χ0v) is 65.9. The summed E-state index contributed by atoms with van der Waals surface area (Å²) in [6, 6.07) is 28.4. The van der Waals surface area contributed by atoms with Crippen LogP contribution in [0.25, 0.3) is 33.1 Å². The van der Waals surface area contributed by atoms with Crippen LogP contribution in [0.4, 0.5) is 17.5 Å². The van der Waals surface area contributed by atoms with Gasteiger partial charge in [0.2, 0.25) is 0 Å². The molecule has 12 bridgehead atoms. The number of carboxylic acids is 3.